The van der Waals surface area contributed by atoms with Crippen LogP contribution in [0.2, 0.25) is 5.02 Å². The van der Waals surface area contributed by atoms with Crippen molar-refractivity contribution in [1.82, 2.24) is 0 Å². The first-order valence-electron chi connectivity index (χ1n) is 4.44. The molecule has 1 aromatic rings. The van der Waals surface area contributed by atoms with Crippen LogP contribution in [0.1, 0.15) is 18.4 Å². The van der Waals surface area contributed by atoms with E-state index in [4.69, 9.17) is 11.6 Å². The van der Waals surface area contributed by atoms with E-state index >= 15 is 0 Å². The predicted molar refractivity (Wildman–Crippen MR) is 50.4 cm³/mol. The summed E-state index contributed by atoms with van der Waals surface area (Å²) >= 11 is 5.40. The van der Waals surface area contributed by atoms with E-state index in [-0.39, 0.29) is 12.8 Å². The van der Waals surface area contributed by atoms with Gasteiger partial charge in [0.05, 0.1) is 10.6 Å². The van der Waals surface area contributed by atoms with Gasteiger partial charge in [-0.1, -0.05) is 11.6 Å². The van der Waals surface area contributed by atoms with Crippen LogP contribution in [0.15, 0.2) is 11.1 Å². The fraction of sp³-hybridized carbons (Fsp3) is 0.300. The first-order valence-corrected chi connectivity index (χ1v) is 4.82. The standard InChI is InChI=1S/C10H5ClF3NO/c11-5-3-6(12)9(14)7(8(5)13)10(1-2-10)15-4-16/h3H,1-2H2. The van der Waals surface area contributed by atoms with E-state index in [1.165, 1.54) is 6.08 Å². The second-order valence-electron chi connectivity index (χ2n) is 3.58. The third-order valence-electron chi connectivity index (χ3n) is 2.56. The molecule has 0 amide bonds. The average molecular weight is 248 g/mol. The van der Waals surface area contributed by atoms with Gasteiger partial charge in [0, 0.05) is 0 Å². The highest BCUT2D eigenvalue weighted by Gasteiger charge is 2.49. The van der Waals surface area contributed by atoms with Crippen molar-refractivity contribution in [3.05, 3.63) is 34.1 Å². The third-order valence-corrected chi connectivity index (χ3v) is 2.84. The Kier molecular flexibility index (Phi) is 2.52. The van der Waals surface area contributed by atoms with Gasteiger partial charge in [-0.15, -0.1) is 0 Å². The average Bonchev–Trinajstić information content (AvgIpc) is 2.97. The molecule has 0 N–H and O–H groups in total. The van der Waals surface area contributed by atoms with E-state index in [0.29, 0.717) is 6.07 Å². The van der Waals surface area contributed by atoms with E-state index in [1.54, 1.807) is 0 Å². The van der Waals surface area contributed by atoms with E-state index < -0.39 is 33.6 Å². The van der Waals surface area contributed by atoms with Crippen LogP contribution in [0.4, 0.5) is 13.2 Å². The molecule has 2 rings (SSSR count). The summed E-state index contributed by atoms with van der Waals surface area (Å²) in [4.78, 5) is 13.5. The first-order chi connectivity index (χ1) is 7.52. The molecule has 0 bridgehead atoms. The lowest BCUT2D eigenvalue weighted by Gasteiger charge is -2.12. The molecule has 0 unspecified atom stereocenters. The van der Waals surface area contributed by atoms with Gasteiger partial charge in [0.15, 0.2) is 17.5 Å². The van der Waals surface area contributed by atoms with Gasteiger partial charge in [-0.2, -0.15) is 4.99 Å². The second-order valence-corrected chi connectivity index (χ2v) is 3.99. The Balaban J connectivity index is 2.69. The maximum absolute atomic E-state index is 13.6. The number of halogens is 4. The number of hydrogen-bond donors (Lipinski definition) is 0. The van der Waals surface area contributed by atoms with E-state index in [2.05, 4.69) is 4.99 Å². The largest absolute Gasteiger partial charge is 0.235 e. The van der Waals surface area contributed by atoms with Gasteiger partial charge in [-0.3, -0.25) is 0 Å². The zero-order valence-electron chi connectivity index (χ0n) is 7.86. The van der Waals surface area contributed by atoms with Crippen LogP contribution in [-0.4, -0.2) is 6.08 Å². The fourth-order valence-electron chi connectivity index (χ4n) is 1.61. The van der Waals surface area contributed by atoms with Crippen molar-refractivity contribution in [1.29, 1.82) is 0 Å². The monoisotopic (exact) mass is 247 g/mol. The smallest absolute Gasteiger partial charge is 0.211 e. The molecule has 0 saturated heterocycles. The van der Waals surface area contributed by atoms with E-state index in [1.807, 2.05) is 0 Å². The van der Waals surface area contributed by atoms with Crippen LogP contribution >= 0.6 is 11.6 Å². The summed E-state index contributed by atoms with van der Waals surface area (Å²) < 4.78 is 40.1. The molecule has 0 atom stereocenters. The molecule has 1 saturated carbocycles. The molecule has 84 valence electrons. The molecule has 0 spiro atoms. The van der Waals surface area contributed by atoms with Gasteiger partial charge >= 0.3 is 0 Å². The van der Waals surface area contributed by atoms with Gasteiger partial charge in [0.1, 0.15) is 5.54 Å². The lowest BCUT2D eigenvalue weighted by atomic mass is 10.0. The molecule has 0 heterocycles. The van der Waals surface area contributed by atoms with Crippen LogP contribution in [-0.2, 0) is 10.3 Å². The molecular weight excluding hydrogens is 243 g/mol. The fourth-order valence-corrected chi connectivity index (χ4v) is 1.80. The van der Waals surface area contributed by atoms with Gasteiger partial charge < -0.3 is 0 Å². The third kappa shape index (κ3) is 1.52. The number of benzene rings is 1. The summed E-state index contributed by atoms with van der Waals surface area (Å²) in [5.74, 6) is -3.68. The van der Waals surface area contributed by atoms with E-state index in [9.17, 15) is 18.0 Å². The van der Waals surface area contributed by atoms with Crippen molar-refractivity contribution >= 4 is 17.7 Å². The van der Waals surface area contributed by atoms with Gasteiger partial charge in [-0.25, -0.2) is 18.0 Å². The molecular formula is C10H5ClF3NO. The maximum Gasteiger partial charge on any atom is 0.235 e. The van der Waals surface area contributed by atoms with Gasteiger partial charge in [-0.05, 0) is 18.9 Å². The molecule has 1 aliphatic carbocycles. The Morgan fingerprint density at radius 2 is 1.94 bits per heavy atom. The minimum Gasteiger partial charge on any atom is -0.211 e. The normalized spacial score (nSPS) is 16.8. The predicted octanol–water partition coefficient (Wildman–Crippen LogP) is 3.08. The summed E-state index contributed by atoms with van der Waals surface area (Å²) in [6.45, 7) is 0. The highest BCUT2D eigenvalue weighted by atomic mass is 35.5. The first kappa shape index (κ1) is 11.2. The lowest BCUT2D eigenvalue weighted by molar-refractivity contribution is 0.460. The van der Waals surface area contributed by atoms with Crippen LogP contribution in [0.25, 0.3) is 0 Å². The topological polar surface area (TPSA) is 29.4 Å². The quantitative estimate of drug-likeness (QED) is 0.449. The maximum atomic E-state index is 13.6. The van der Waals surface area contributed by atoms with Gasteiger partial charge in [0.2, 0.25) is 6.08 Å². The highest BCUT2D eigenvalue weighted by Crippen LogP contribution is 2.52. The Morgan fingerprint density at radius 1 is 1.31 bits per heavy atom. The minimum atomic E-state index is -1.35. The molecule has 0 radical (unpaired) electrons. The molecule has 1 aromatic carbocycles. The summed E-state index contributed by atoms with van der Waals surface area (Å²) in [7, 11) is 0. The summed E-state index contributed by atoms with van der Waals surface area (Å²) in [5, 5.41) is -0.527. The lowest BCUT2D eigenvalue weighted by Crippen LogP contribution is -2.11. The number of rotatable bonds is 2. The van der Waals surface area contributed by atoms with Crippen LogP contribution in [0.3, 0.4) is 0 Å². The number of hydrogen-bond acceptors (Lipinski definition) is 2. The van der Waals surface area contributed by atoms with E-state index in [0.717, 1.165) is 0 Å². The number of aliphatic imine (C=N–C) groups is 1. The molecule has 1 fully saturated rings. The summed E-state index contributed by atoms with van der Waals surface area (Å²) in [6.07, 6.45) is 1.79. The van der Waals surface area contributed by atoms with Gasteiger partial charge in [0.25, 0.3) is 0 Å². The van der Waals surface area contributed by atoms with Crippen molar-refractivity contribution in [2.75, 3.05) is 0 Å². The number of isocyanates is 1. The van der Waals surface area contributed by atoms with Crippen molar-refractivity contribution in [2.45, 2.75) is 18.4 Å². The van der Waals surface area contributed by atoms with Crippen LogP contribution < -0.4 is 0 Å². The molecule has 0 aromatic heterocycles. The molecule has 6 heteroatoms. The Bertz CT molecular complexity index is 481. The van der Waals surface area contributed by atoms with Crippen molar-refractivity contribution in [3.8, 4) is 0 Å². The van der Waals surface area contributed by atoms with Crippen molar-refractivity contribution < 1.29 is 18.0 Å². The summed E-state index contributed by atoms with van der Waals surface area (Å²) in [6, 6.07) is 0.552. The zero-order valence-corrected chi connectivity index (χ0v) is 8.61. The highest BCUT2D eigenvalue weighted by molar-refractivity contribution is 6.30. The Morgan fingerprint density at radius 3 is 2.44 bits per heavy atom. The van der Waals surface area contributed by atoms with Crippen molar-refractivity contribution in [3.63, 3.8) is 0 Å². The van der Waals surface area contributed by atoms with Crippen LogP contribution in [0, 0.1) is 17.5 Å². The molecule has 2 nitrogen and oxygen atoms in total. The van der Waals surface area contributed by atoms with Crippen LogP contribution in [0.5, 0.6) is 0 Å². The molecule has 16 heavy (non-hydrogen) atoms. The molecule has 0 aliphatic heterocycles. The Labute approximate surface area is 93.7 Å². The number of carbonyl (C=O) groups excluding carboxylic acids is 1. The Hall–Kier alpha value is -1.32. The molecule has 1 aliphatic rings. The SMILES string of the molecule is O=C=NC1(c2c(F)c(F)cc(Cl)c2F)CC1. The summed E-state index contributed by atoms with van der Waals surface area (Å²) in [5.41, 5.74) is -1.90. The second kappa shape index (κ2) is 3.61. The minimum absolute atomic E-state index is 0.274. The van der Waals surface area contributed by atoms with Crippen molar-refractivity contribution in [2.24, 2.45) is 4.99 Å². The number of nitrogens with zero attached hydrogens (tertiary/aromatic N) is 1. The zero-order chi connectivity index (χ0) is 11.9.